The molecule has 0 aliphatic carbocycles. The molecular weight excluding hydrogens is 559 g/mol. The highest BCUT2D eigenvalue weighted by atomic mass is 32.2. The van der Waals surface area contributed by atoms with E-state index in [0.29, 0.717) is 11.4 Å². The number of aryl methyl sites for hydroxylation is 1. The molecule has 0 saturated heterocycles. The molecule has 1 heterocycles. The number of anilines is 1. The number of fused-ring (bicyclic) bond motifs is 1. The fourth-order valence-electron chi connectivity index (χ4n) is 6.49. The predicted molar refractivity (Wildman–Crippen MR) is 182 cm³/mol. The lowest BCUT2D eigenvalue weighted by atomic mass is 9.77. The van der Waals surface area contributed by atoms with E-state index in [1.54, 1.807) is 16.4 Å². The smallest absolute Gasteiger partial charge is 0.264 e. The van der Waals surface area contributed by atoms with Crippen molar-refractivity contribution in [3.63, 3.8) is 0 Å². The first-order chi connectivity index (χ1) is 21.5. The highest BCUT2D eigenvalue weighted by molar-refractivity contribution is 7.92. The normalized spacial score (nSPS) is 13.0. The Hall–Kier alpha value is -4.93. The molecule has 0 aromatic heterocycles. The van der Waals surface area contributed by atoms with Gasteiger partial charge in [0.05, 0.1) is 10.6 Å². The monoisotopic (exact) mass is 591 g/mol. The average Bonchev–Trinajstić information content (AvgIpc) is 3.08. The number of hydrogen-bond acceptors (Lipinski definition) is 2. The third-order valence-electron chi connectivity index (χ3n) is 8.47. The Bertz CT molecular complexity index is 2020. The van der Waals surface area contributed by atoms with E-state index in [-0.39, 0.29) is 0 Å². The van der Waals surface area contributed by atoms with Crippen LogP contribution in [0.5, 0.6) is 0 Å². The quantitative estimate of drug-likeness (QED) is 0.193. The summed E-state index contributed by atoms with van der Waals surface area (Å²) < 4.78 is 30.9. The molecule has 0 N–H and O–H groups in total. The van der Waals surface area contributed by atoms with Gasteiger partial charge >= 0.3 is 0 Å². The first kappa shape index (κ1) is 27.9. The maximum absolute atomic E-state index is 14.6. The molecule has 6 aromatic carbocycles. The van der Waals surface area contributed by atoms with Crippen molar-refractivity contribution >= 4 is 15.7 Å². The second-order valence-electron chi connectivity index (χ2n) is 11.3. The van der Waals surface area contributed by atoms with Crippen LogP contribution in [0.2, 0.25) is 0 Å². The summed E-state index contributed by atoms with van der Waals surface area (Å²) in [6.07, 6.45) is 1.50. The van der Waals surface area contributed by atoms with E-state index >= 15 is 0 Å². The zero-order chi connectivity index (χ0) is 30.1. The lowest BCUT2D eigenvalue weighted by Gasteiger charge is -2.37. The van der Waals surface area contributed by atoms with E-state index < -0.39 is 10.0 Å². The molecule has 0 bridgehead atoms. The summed E-state index contributed by atoms with van der Waals surface area (Å²) >= 11 is 0. The summed E-state index contributed by atoms with van der Waals surface area (Å²) in [6, 6.07) is 48.9. The van der Waals surface area contributed by atoms with E-state index in [1.165, 1.54) is 0 Å². The number of rotatable bonds is 6. The standard InChI is InChI=1S/C40H33NO2S/c1-29-24-26-34(27-25-29)44(42,43)41-28-14-23-35-36(30-15-6-2-7-16-30)37(31-17-8-3-9-18-31)38(32-19-10-4-11-20-32)39(40(35)41)33-21-12-5-13-22-33/h2-13,15-22,24-27H,14,23,28H2,1H3. The van der Waals surface area contributed by atoms with E-state index in [2.05, 4.69) is 84.9 Å². The van der Waals surface area contributed by atoms with Gasteiger partial charge in [0, 0.05) is 17.7 Å². The minimum absolute atomic E-state index is 0.310. The molecule has 0 atom stereocenters. The Labute approximate surface area is 260 Å². The van der Waals surface area contributed by atoms with Gasteiger partial charge in [0.2, 0.25) is 0 Å². The summed E-state index contributed by atoms with van der Waals surface area (Å²) in [7, 11) is -3.86. The van der Waals surface area contributed by atoms with Crippen LogP contribution in [0, 0.1) is 6.92 Å². The molecule has 3 nitrogen and oxygen atoms in total. The largest absolute Gasteiger partial charge is 0.265 e. The van der Waals surface area contributed by atoms with Crippen LogP contribution in [0.15, 0.2) is 150 Å². The minimum Gasteiger partial charge on any atom is -0.265 e. The van der Waals surface area contributed by atoms with Gasteiger partial charge in [0.1, 0.15) is 0 Å². The number of nitrogens with zero attached hydrogens (tertiary/aromatic N) is 1. The fourth-order valence-corrected chi connectivity index (χ4v) is 8.04. The third-order valence-corrected chi connectivity index (χ3v) is 10.3. The van der Waals surface area contributed by atoms with Gasteiger partial charge in [-0.1, -0.05) is 139 Å². The number of benzene rings is 6. The molecule has 0 radical (unpaired) electrons. The Morgan fingerprint density at radius 3 is 1.39 bits per heavy atom. The fraction of sp³-hybridized carbons (Fsp3) is 0.100. The minimum atomic E-state index is -3.86. The van der Waals surface area contributed by atoms with Crippen molar-refractivity contribution in [2.75, 3.05) is 10.8 Å². The lowest BCUT2D eigenvalue weighted by Crippen LogP contribution is -2.36. The van der Waals surface area contributed by atoms with Crippen LogP contribution < -0.4 is 4.31 Å². The zero-order valence-electron chi connectivity index (χ0n) is 24.6. The lowest BCUT2D eigenvalue weighted by molar-refractivity contribution is 0.586. The van der Waals surface area contributed by atoms with E-state index in [9.17, 15) is 8.42 Å². The highest BCUT2D eigenvalue weighted by Gasteiger charge is 2.36. The molecule has 1 aliphatic rings. The number of hydrogen-bond donors (Lipinski definition) is 0. The van der Waals surface area contributed by atoms with Crippen molar-refractivity contribution < 1.29 is 8.42 Å². The van der Waals surface area contributed by atoms with Gasteiger partial charge in [-0.3, -0.25) is 4.31 Å². The third kappa shape index (κ3) is 4.91. The average molecular weight is 592 g/mol. The summed E-state index contributed by atoms with van der Waals surface area (Å²) in [5.74, 6) is 0. The first-order valence-electron chi connectivity index (χ1n) is 15.1. The molecule has 44 heavy (non-hydrogen) atoms. The van der Waals surface area contributed by atoms with Crippen molar-refractivity contribution in [2.24, 2.45) is 0 Å². The molecular formula is C40H33NO2S. The van der Waals surface area contributed by atoms with Crippen LogP contribution in [-0.4, -0.2) is 15.0 Å². The summed E-state index contributed by atoms with van der Waals surface area (Å²) in [5, 5.41) is 0. The van der Waals surface area contributed by atoms with Crippen LogP contribution in [0.3, 0.4) is 0 Å². The summed E-state index contributed by atoms with van der Waals surface area (Å²) in [5.41, 5.74) is 11.3. The Kier molecular flexibility index (Phi) is 7.37. The van der Waals surface area contributed by atoms with Crippen LogP contribution in [0.4, 0.5) is 5.69 Å². The second-order valence-corrected chi connectivity index (χ2v) is 13.1. The zero-order valence-corrected chi connectivity index (χ0v) is 25.5. The van der Waals surface area contributed by atoms with Crippen LogP contribution in [0.25, 0.3) is 44.5 Å². The van der Waals surface area contributed by atoms with Crippen molar-refractivity contribution in [2.45, 2.75) is 24.7 Å². The van der Waals surface area contributed by atoms with Crippen molar-refractivity contribution in [1.82, 2.24) is 0 Å². The summed E-state index contributed by atoms with van der Waals surface area (Å²) in [4.78, 5) is 0.310. The van der Waals surface area contributed by atoms with Crippen LogP contribution >= 0.6 is 0 Å². The molecule has 0 fully saturated rings. The molecule has 1 aliphatic heterocycles. The van der Waals surface area contributed by atoms with Crippen molar-refractivity contribution in [3.05, 3.63) is 157 Å². The van der Waals surface area contributed by atoms with Gasteiger partial charge in [-0.25, -0.2) is 8.42 Å². The van der Waals surface area contributed by atoms with Gasteiger partial charge in [-0.15, -0.1) is 0 Å². The van der Waals surface area contributed by atoms with Gasteiger partial charge in [0.15, 0.2) is 0 Å². The molecule has 0 amide bonds. The second kappa shape index (κ2) is 11.6. The maximum Gasteiger partial charge on any atom is 0.264 e. The molecule has 4 heteroatoms. The molecule has 6 aromatic rings. The van der Waals surface area contributed by atoms with Gasteiger partial charge in [-0.05, 0) is 70.8 Å². The van der Waals surface area contributed by atoms with Gasteiger partial charge < -0.3 is 0 Å². The van der Waals surface area contributed by atoms with Crippen molar-refractivity contribution in [3.8, 4) is 44.5 Å². The SMILES string of the molecule is Cc1ccc(S(=O)(=O)N2CCCc3c(-c4ccccc4)c(-c4ccccc4)c(-c4ccccc4)c(-c4ccccc4)c32)cc1. The Balaban J connectivity index is 1.69. The summed E-state index contributed by atoms with van der Waals surface area (Å²) in [6.45, 7) is 2.39. The van der Waals surface area contributed by atoms with Crippen molar-refractivity contribution in [1.29, 1.82) is 0 Å². The molecule has 0 saturated carbocycles. The highest BCUT2D eigenvalue weighted by Crippen LogP contribution is 2.54. The molecule has 7 rings (SSSR count). The Morgan fingerprint density at radius 2 is 0.909 bits per heavy atom. The van der Waals surface area contributed by atoms with Crippen LogP contribution in [0.1, 0.15) is 17.5 Å². The Morgan fingerprint density at radius 1 is 0.500 bits per heavy atom. The predicted octanol–water partition coefficient (Wildman–Crippen LogP) is 9.80. The van der Waals surface area contributed by atoms with E-state index in [4.69, 9.17) is 0 Å². The molecule has 0 spiro atoms. The van der Waals surface area contributed by atoms with E-state index in [1.807, 2.05) is 55.5 Å². The topological polar surface area (TPSA) is 37.4 Å². The van der Waals surface area contributed by atoms with Gasteiger partial charge in [-0.2, -0.15) is 0 Å². The van der Waals surface area contributed by atoms with Crippen LogP contribution in [-0.2, 0) is 16.4 Å². The first-order valence-corrected chi connectivity index (χ1v) is 16.5. The van der Waals surface area contributed by atoms with Gasteiger partial charge in [0.25, 0.3) is 10.0 Å². The molecule has 0 unspecified atom stereocenters. The number of sulfonamides is 1. The molecule has 216 valence electrons. The van der Waals surface area contributed by atoms with E-state index in [0.717, 1.165) is 74.2 Å². The maximum atomic E-state index is 14.6.